The van der Waals surface area contributed by atoms with Crippen molar-refractivity contribution in [2.75, 3.05) is 33.0 Å². The molecule has 0 aliphatic heterocycles. The van der Waals surface area contributed by atoms with E-state index in [1.807, 2.05) is 24.3 Å². The minimum atomic E-state index is -0.0549. The molecule has 0 aliphatic carbocycles. The van der Waals surface area contributed by atoms with Gasteiger partial charge in [-0.25, -0.2) is 0 Å². The number of amides is 2. The number of hydrogen-bond donors (Lipinski definition) is 2. The molecule has 2 N–H and O–H groups in total. The normalized spacial score (nSPS) is 9.84. The SMILES string of the molecule is CNC(=O)CNc1ccc(CCC(=O)N(C)C)cc1. The van der Waals surface area contributed by atoms with Gasteiger partial charge in [0, 0.05) is 33.3 Å². The number of aryl methyl sites for hydroxylation is 1. The summed E-state index contributed by atoms with van der Waals surface area (Å²) in [6.07, 6.45) is 1.24. The van der Waals surface area contributed by atoms with Crippen LogP contribution in [0.25, 0.3) is 0 Å². The number of hydrogen-bond acceptors (Lipinski definition) is 3. The van der Waals surface area contributed by atoms with E-state index in [2.05, 4.69) is 10.6 Å². The molecule has 0 spiro atoms. The van der Waals surface area contributed by atoms with Crippen LogP contribution in [0.2, 0.25) is 0 Å². The van der Waals surface area contributed by atoms with E-state index in [9.17, 15) is 9.59 Å². The van der Waals surface area contributed by atoms with Crippen LogP contribution in [0.15, 0.2) is 24.3 Å². The van der Waals surface area contributed by atoms with Crippen LogP contribution in [0.1, 0.15) is 12.0 Å². The summed E-state index contributed by atoms with van der Waals surface area (Å²) in [5.74, 6) is 0.0717. The quantitative estimate of drug-likeness (QED) is 0.800. The highest BCUT2D eigenvalue weighted by Gasteiger charge is 2.04. The van der Waals surface area contributed by atoms with Gasteiger partial charge in [-0.15, -0.1) is 0 Å². The van der Waals surface area contributed by atoms with Crippen molar-refractivity contribution in [2.45, 2.75) is 12.8 Å². The molecular formula is C14H21N3O2. The van der Waals surface area contributed by atoms with Gasteiger partial charge in [0.1, 0.15) is 0 Å². The first-order valence-corrected chi connectivity index (χ1v) is 6.26. The van der Waals surface area contributed by atoms with Crippen LogP contribution in [0, 0.1) is 0 Å². The van der Waals surface area contributed by atoms with Crippen molar-refractivity contribution in [1.82, 2.24) is 10.2 Å². The molecule has 0 saturated heterocycles. The zero-order valence-electron chi connectivity index (χ0n) is 11.7. The minimum Gasteiger partial charge on any atom is -0.376 e. The Morgan fingerprint density at radius 1 is 1.16 bits per heavy atom. The predicted octanol–water partition coefficient (Wildman–Crippen LogP) is 0.865. The highest BCUT2D eigenvalue weighted by atomic mass is 16.2. The van der Waals surface area contributed by atoms with Crippen molar-refractivity contribution in [2.24, 2.45) is 0 Å². The van der Waals surface area contributed by atoms with Gasteiger partial charge < -0.3 is 15.5 Å². The number of anilines is 1. The Morgan fingerprint density at radius 2 is 1.79 bits per heavy atom. The van der Waals surface area contributed by atoms with Crippen LogP contribution >= 0.6 is 0 Å². The third-order valence-corrected chi connectivity index (χ3v) is 2.81. The fourth-order valence-corrected chi connectivity index (χ4v) is 1.53. The van der Waals surface area contributed by atoms with E-state index in [1.54, 1.807) is 26.0 Å². The van der Waals surface area contributed by atoms with E-state index in [4.69, 9.17) is 0 Å². The van der Waals surface area contributed by atoms with Crippen LogP contribution in [0.5, 0.6) is 0 Å². The molecule has 0 aliphatic rings. The zero-order chi connectivity index (χ0) is 14.3. The first-order valence-electron chi connectivity index (χ1n) is 6.26. The zero-order valence-corrected chi connectivity index (χ0v) is 11.7. The van der Waals surface area contributed by atoms with Gasteiger partial charge in [0.05, 0.1) is 6.54 Å². The van der Waals surface area contributed by atoms with Crippen LogP contribution in [-0.4, -0.2) is 44.4 Å². The number of rotatable bonds is 6. The van der Waals surface area contributed by atoms with Crippen molar-refractivity contribution in [1.29, 1.82) is 0 Å². The summed E-state index contributed by atoms with van der Waals surface area (Å²) in [4.78, 5) is 24.1. The van der Waals surface area contributed by atoms with Crippen LogP contribution in [-0.2, 0) is 16.0 Å². The van der Waals surface area contributed by atoms with E-state index in [0.717, 1.165) is 17.7 Å². The maximum Gasteiger partial charge on any atom is 0.239 e. The van der Waals surface area contributed by atoms with Gasteiger partial charge in [-0.1, -0.05) is 12.1 Å². The number of nitrogens with zero attached hydrogens (tertiary/aromatic N) is 1. The Balaban J connectivity index is 2.43. The lowest BCUT2D eigenvalue weighted by Crippen LogP contribution is -2.26. The molecule has 1 rings (SSSR count). The Morgan fingerprint density at radius 3 is 2.32 bits per heavy atom. The van der Waals surface area contributed by atoms with E-state index in [1.165, 1.54) is 0 Å². The monoisotopic (exact) mass is 263 g/mol. The van der Waals surface area contributed by atoms with Gasteiger partial charge in [0.25, 0.3) is 0 Å². The van der Waals surface area contributed by atoms with Crippen molar-refractivity contribution in [3.05, 3.63) is 29.8 Å². The van der Waals surface area contributed by atoms with Crippen molar-refractivity contribution in [3.8, 4) is 0 Å². The number of carbonyl (C=O) groups excluding carboxylic acids is 2. The lowest BCUT2D eigenvalue weighted by Gasteiger charge is -2.10. The largest absolute Gasteiger partial charge is 0.376 e. The lowest BCUT2D eigenvalue weighted by molar-refractivity contribution is -0.128. The summed E-state index contributed by atoms with van der Waals surface area (Å²) in [7, 11) is 5.12. The molecular weight excluding hydrogens is 242 g/mol. The molecule has 0 saturated carbocycles. The Kier molecular flexibility index (Phi) is 5.85. The molecule has 0 heterocycles. The minimum absolute atomic E-state index is 0.0549. The van der Waals surface area contributed by atoms with Crippen molar-refractivity contribution >= 4 is 17.5 Å². The molecule has 0 atom stereocenters. The van der Waals surface area contributed by atoms with Crippen LogP contribution < -0.4 is 10.6 Å². The molecule has 0 radical (unpaired) electrons. The summed E-state index contributed by atoms with van der Waals surface area (Å²) >= 11 is 0. The number of likely N-dealkylation sites (N-methyl/N-ethyl adjacent to an activating group) is 1. The van der Waals surface area contributed by atoms with Gasteiger partial charge in [-0.3, -0.25) is 9.59 Å². The van der Waals surface area contributed by atoms with Gasteiger partial charge in [0.2, 0.25) is 11.8 Å². The van der Waals surface area contributed by atoms with Gasteiger partial charge in [0.15, 0.2) is 0 Å². The molecule has 19 heavy (non-hydrogen) atoms. The molecule has 104 valence electrons. The van der Waals surface area contributed by atoms with Crippen LogP contribution in [0.4, 0.5) is 5.69 Å². The first kappa shape index (κ1) is 15.0. The van der Waals surface area contributed by atoms with Gasteiger partial charge in [-0.05, 0) is 24.1 Å². The standard InChI is InChI=1S/C14H21N3O2/c1-15-13(18)10-16-12-7-4-11(5-8-12)6-9-14(19)17(2)3/h4-5,7-8,16H,6,9-10H2,1-3H3,(H,15,18). The molecule has 1 aromatic carbocycles. The van der Waals surface area contributed by atoms with Gasteiger partial charge >= 0.3 is 0 Å². The number of benzene rings is 1. The molecule has 1 aromatic rings. The highest BCUT2D eigenvalue weighted by molar-refractivity contribution is 5.80. The summed E-state index contributed by atoms with van der Waals surface area (Å²) in [6, 6.07) is 7.76. The van der Waals surface area contributed by atoms with Crippen LogP contribution in [0.3, 0.4) is 0 Å². The van der Waals surface area contributed by atoms with Gasteiger partial charge in [-0.2, -0.15) is 0 Å². The molecule has 0 fully saturated rings. The second kappa shape index (κ2) is 7.41. The van der Waals surface area contributed by atoms with E-state index in [0.29, 0.717) is 6.42 Å². The Hall–Kier alpha value is -2.04. The second-order valence-electron chi connectivity index (χ2n) is 4.51. The third-order valence-electron chi connectivity index (χ3n) is 2.81. The summed E-state index contributed by atoms with van der Waals surface area (Å²) in [5.41, 5.74) is 2.01. The number of carbonyl (C=O) groups is 2. The Bertz CT molecular complexity index is 427. The number of nitrogens with one attached hydrogen (secondary N) is 2. The first-order chi connectivity index (χ1) is 9.02. The molecule has 5 nitrogen and oxygen atoms in total. The van der Waals surface area contributed by atoms with E-state index >= 15 is 0 Å². The third kappa shape index (κ3) is 5.42. The predicted molar refractivity (Wildman–Crippen MR) is 76.0 cm³/mol. The van der Waals surface area contributed by atoms with Crippen molar-refractivity contribution in [3.63, 3.8) is 0 Å². The topological polar surface area (TPSA) is 61.4 Å². The second-order valence-corrected chi connectivity index (χ2v) is 4.51. The molecule has 5 heteroatoms. The van der Waals surface area contributed by atoms with Crippen molar-refractivity contribution < 1.29 is 9.59 Å². The summed E-state index contributed by atoms with van der Waals surface area (Å²) < 4.78 is 0. The summed E-state index contributed by atoms with van der Waals surface area (Å²) in [5, 5.41) is 5.56. The molecule has 0 unspecified atom stereocenters. The smallest absolute Gasteiger partial charge is 0.239 e. The average Bonchev–Trinajstić information content (AvgIpc) is 2.42. The molecule has 2 amide bonds. The fourth-order valence-electron chi connectivity index (χ4n) is 1.53. The molecule has 0 aromatic heterocycles. The maximum absolute atomic E-state index is 11.5. The van der Waals surface area contributed by atoms with E-state index in [-0.39, 0.29) is 18.4 Å². The maximum atomic E-state index is 11.5. The molecule has 0 bridgehead atoms. The lowest BCUT2D eigenvalue weighted by atomic mass is 10.1. The average molecular weight is 263 g/mol. The Labute approximate surface area is 114 Å². The fraction of sp³-hybridized carbons (Fsp3) is 0.429. The summed E-state index contributed by atoms with van der Waals surface area (Å²) in [6.45, 7) is 0.259. The van der Waals surface area contributed by atoms with E-state index < -0.39 is 0 Å². The highest BCUT2D eigenvalue weighted by Crippen LogP contribution is 2.11.